The molecule has 81 heavy (non-hydrogen) atoms. The highest BCUT2D eigenvalue weighted by atomic mass is 16.5. The summed E-state index contributed by atoms with van der Waals surface area (Å²) in [5.41, 5.74) is 23.9. The third-order valence-electron chi connectivity index (χ3n) is 16.8. The largest absolute Gasteiger partial charge is 0.489 e. The zero-order valence-electron chi connectivity index (χ0n) is 46.4. The van der Waals surface area contributed by atoms with Crippen LogP contribution in [0.2, 0.25) is 0 Å². The Morgan fingerprint density at radius 3 is 1.59 bits per heavy atom. The van der Waals surface area contributed by atoms with E-state index in [1.807, 2.05) is 0 Å². The van der Waals surface area contributed by atoms with Crippen LogP contribution in [0, 0.1) is 0 Å². The van der Waals surface area contributed by atoms with Crippen LogP contribution >= 0.6 is 0 Å². The second-order valence-electron chi connectivity index (χ2n) is 21.9. The van der Waals surface area contributed by atoms with E-state index in [1.54, 1.807) is 26.4 Å². The smallest absolute Gasteiger partial charge is 0.120 e. The van der Waals surface area contributed by atoms with Crippen molar-refractivity contribution in [1.29, 1.82) is 0 Å². The molecule has 11 aromatic rings. The van der Waals surface area contributed by atoms with Gasteiger partial charge in [0.05, 0.1) is 23.2 Å². The average molecular weight is 1060 g/mol. The molecular formula is C75H64N2O4. The van der Waals surface area contributed by atoms with Crippen LogP contribution in [0.4, 0.5) is 17.1 Å². The summed E-state index contributed by atoms with van der Waals surface area (Å²) in [6.45, 7) is 12.4. The summed E-state index contributed by atoms with van der Waals surface area (Å²) in [4.78, 5) is 2.40. The summed E-state index contributed by atoms with van der Waals surface area (Å²) in [6, 6.07) is 79.7. The van der Waals surface area contributed by atoms with Gasteiger partial charge in [-0.2, -0.15) is 0 Å². The van der Waals surface area contributed by atoms with E-state index >= 15 is 0 Å². The van der Waals surface area contributed by atoms with Gasteiger partial charge < -0.3 is 28.4 Å². The standard InChI is InChI=1S/C71H58N2O4.C4H6/c1-71(2)65-36-46(44-77-58-32-22-52-39-70(75-4)63(52)42-58)16-33-59(65)60-34-30-56(40-66(60)71)72(53-26-17-48(18-27-53)47-10-6-5-7-11-47)54-28-19-49(20-29-54)50-23-35-68-64(37-50)61-12-8-9-13-67(61)73(68)55-24-14-45(15-25-55)43-76-57-31-21-51-38-69(74-3)62(51)41-57;1-3-4-2/h5-37,40-42,69-70H,38-39,43-44H2,1-4H3;3-4H,1-2H2. The summed E-state index contributed by atoms with van der Waals surface area (Å²) >= 11 is 0. The second-order valence-corrected chi connectivity index (χ2v) is 21.9. The molecule has 1 heterocycles. The molecule has 1 aromatic heterocycles. The van der Waals surface area contributed by atoms with E-state index in [0.717, 1.165) is 63.8 Å². The second kappa shape index (κ2) is 21.5. The normalized spacial score (nSPS) is 15.0. The van der Waals surface area contributed by atoms with Gasteiger partial charge in [-0.05, 0) is 169 Å². The molecule has 2 atom stereocenters. The Labute approximate surface area is 475 Å². The monoisotopic (exact) mass is 1060 g/mol. The number of anilines is 3. The van der Waals surface area contributed by atoms with Crippen molar-refractivity contribution in [3.05, 3.63) is 288 Å². The highest BCUT2D eigenvalue weighted by molar-refractivity contribution is 6.10. The van der Waals surface area contributed by atoms with E-state index in [4.69, 9.17) is 18.9 Å². The quantitative estimate of drug-likeness (QED) is 0.0958. The van der Waals surface area contributed by atoms with E-state index in [-0.39, 0.29) is 17.6 Å². The fourth-order valence-corrected chi connectivity index (χ4v) is 12.3. The number of allylic oxidation sites excluding steroid dienone is 2. The Kier molecular flexibility index (Phi) is 13.6. The highest BCUT2D eigenvalue weighted by Gasteiger charge is 2.37. The lowest BCUT2D eigenvalue weighted by atomic mass is 9.82. The lowest BCUT2D eigenvalue weighted by Crippen LogP contribution is -2.18. The molecule has 6 heteroatoms. The van der Waals surface area contributed by atoms with Crippen molar-refractivity contribution in [3.8, 4) is 50.6 Å². The molecule has 0 amide bonds. The minimum atomic E-state index is -0.233. The summed E-state index contributed by atoms with van der Waals surface area (Å²) in [5.74, 6) is 1.75. The molecule has 0 fully saturated rings. The Bertz CT molecular complexity index is 4150. The fourth-order valence-electron chi connectivity index (χ4n) is 12.3. The molecule has 3 aliphatic rings. The topological polar surface area (TPSA) is 45.1 Å². The maximum atomic E-state index is 6.40. The number of rotatable bonds is 15. The van der Waals surface area contributed by atoms with Crippen molar-refractivity contribution >= 4 is 38.9 Å². The summed E-state index contributed by atoms with van der Waals surface area (Å²) in [5, 5.41) is 2.44. The van der Waals surface area contributed by atoms with Crippen LogP contribution in [-0.4, -0.2) is 18.8 Å². The van der Waals surface area contributed by atoms with Crippen LogP contribution in [0.1, 0.15) is 70.6 Å². The third kappa shape index (κ3) is 9.50. The van der Waals surface area contributed by atoms with E-state index in [2.05, 4.69) is 255 Å². The Morgan fingerprint density at radius 1 is 0.469 bits per heavy atom. The summed E-state index contributed by atoms with van der Waals surface area (Å²) in [6.07, 6.45) is 5.54. The number of fused-ring (bicyclic) bond motifs is 8. The first-order valence-corrected chi connectivity index (χ1v) is 28.0. The van der Waals surface area contributed by atoms with Crippen molar-refractivity contribution in [2.75, 3.05) is 19.1 Å². The van der Waals surface area contributed by atoms with Gasteiger partial charge in [-0.3, -0.25) is 0 Å². The van der Waals surface area contributed by atoms with Gasteiger partial charge in [-0.25, -0.2) is 0 Å². The number of methoxy groups -OCH3 is 2. The van der Waals surface area contributed by atoms with Crippen molar-refractivity contribution in [1.82, 2.24) is 4.57 Å². The Hall–Kier alpha value is -9.20. The number of ether oxygens (including phenoxy) is 4. The van der Waals surface area contributed by atoms with Crippen LogP contribution in [0.3, 0.4) is 0 Å². The fraction of sp³-hybridized carbons (Fsp3) is 0.147. The number of hydrogen-bond acceptors (Lipinski definition) is 5. The first-order chi connectivity index (χ1) is 39.7. The van der Waals surface area contributed by atoms with E-state index in [9.17, 15) is 0 Å². The van der Waals surface area contributed by atoms with Gasteiger partial charge in [0.15, 0.2) is 0 Å². The molecule has 6 nitrogen and oxygen atoms in total. The zero-order valence-corrected chi connectivity index (χ0v) is 46.4. The van der Waals surface area contributed by atoms with E-state index in [1.165, 1.54) is 83.0 Å². The van der Waals surface area contributed by atoms with Gasteiger partial charge in [-0.15, -0.1) is 0 Å². The summed E-state index contributed by atoms with van der Waals surface area (Å²) in [7, 11) is 3.55. The van der Waals surface area contributed by atoms with Gasteiger partial charge in [0, 0.05) is 66.0 Å². The van der Waals surface area contributed by atoms with Crippen molar-refractivity contribution in [3.63, 3.8) is 0 Å². The van der Waals surface area contributed by atoms with Crippen molar-refractivity contribution < 1.29 is 18.9 Å². The Balaban J connectivity index is 0.00000150. The van der Waals surface area contributed by atoms with E-state index in [0.29, 0.717) is 13.2 Å². The number of benzene rings is 10. The van der Waals surface area contributed by atoms with Crippen LogP contribution in [-0.2, 0) is 40.9 Å². The van der Waals surface area contributed by atoms with Gasteiger partial charge in [0.1, 0.15) is 24.7 Å². The molecule has 10 aromatic carbocycles. The van der Waals surface area contributed by atoms with Gasteiger partial charge in [0.2, 0.25) is 0 Å². The molecule has 0 saturated carbocycles. The molecule has 14 rings (SSSR count). The molecule has 0 aliphatic heterocycles. The first-order valence-electron chi connectivity index (χ1n) is 28.0. The van der Waals surface area contributed by atoms with E-state index < -0.39 is 0 Å². The van der Waals surface area contributed by atoms with Crippen molar-refractivity contribution in [2.24, 2.45) is 0 Å². The lowest BCUT2D eigenvalue weighted by Gasteiger charge is -2.29. The third-order valence-corrected chi connectivity index (χ3v) is 16.8. The average Bonchev–Trinajstić information content (AvgIpc) is 4.21. The molecule has 0 radical (unpaired) electrons. The molecule has 3 aliphatic carbocycles. The maximum Gasteiger partial charge on any atom is 0.120 e. The minimum Gasteiger partial charge on any atom is -0.489 e. The predicted molar refractivity (Wildman–Crippen MR) is 333 cm³/mol. The first kappa shape index (κ1) is 51.3. The molecule has 2 unspecified atom stereocenters. The molecule has 0 bridgehead atoms. The zero-order chi connectivity index (χ0) is 55.2. The number of para-hydroxylation sites is 1. The molecular weight excluding hydrogens is 993 g/mol. The number of nitrogens with zero attached hydrogens (tertiary/aromatic N) is 2. The highest BCUT2D eigenvalue weighted by Crippen LogP contribution is 2.51. The van der Waals surface area contributed by atoms with Gasteiger partial charge in [-0.1, -0.05) is 167 Å². The van der Waals surface area contributed by atoms with Crippen LogP contribution < -0.4 is 14.4 Å². The minimum absolute atomic E-state index is 0.162. The van der Waals surface area contributed by atoms with Crippen LogP contribution in [0.25, 0.3) is 60.9 Å². The molecule has 398 valence electrons. The number of aromatic nitrogens is 1. The van der Waals surface area contributed by atoms with Crippen LogP contribution in [0.15, 0.2) is 244 Å². The Morgan fingerprint density at radius 2 is 0.975 bits per heavy atom. The summed E-state index contributed by atoms with van der Waals surface area (Å²) < 4.78 is 26.3. The molecule has 0 N–H and O–H groups in total. The van der Waals surface area contributed by atoms with Crippen molar-refractivity contribution in [2.45, 2.75) is 57.5 Å². The van der Waals surface area contributed by atoms with Crippen LogP contribution in [0.5, 0.6) is 11.5 Å². The SMILES string of the molecule is C=CC=C.COC1Cc2ccc(OCc3ccc(-n4c5ccccc5c5cc(-c6ccc(N(c7ccc(-c8ccccc8)cc7)c7ccc8c(c7)C(C)(C)c7cc(COc9ccc%10c(c9)C(OC)C%10)ccc7-8)cc6)ccc54)cc3)cc21. The van der Waals surface area contributed by atoms with Gasteiger partial charge >= 0.3 is 0 Å². The van der Waals surface area contributed by atoms with Gasteiger partial charge in [0.25, 0.3) is 0 Å². The maximum absolute atomic E-state index is 6.40. The predicted octanol–water partition coefficient (Wildman–Crippen LogP) is 18.9. The number of hydrogen-bond donors (Lipinski definition) is 0. The molecule has 0 saturated heterocycles. The lowest BCUT2D eigenvalue weighted by molar-refractivity contribution is 0.0840. The molecule has 0 spiro atoms.